The Morgan fingerprint density at radius 3 is 2.39 bits per heavy atom. The minimum absolute atomic E-state index is 0.00647. The van der Waals surface area contributed by atoms with Crippen LogP contribution in [0.4, 0.5) is 18.9 Å². The van der Waals surface area contributed by atoms with Gasteiger partial charge in [-0.05, 0) is 60.7 Å². The Morgan fingerprint density at radius 2 is 1.69 bits per heavy atom. The average Bonchev–Trinajstić information content (AvgIpc) is 2.84. The zero-order chi connectivity index (χ0) is 26.3. The maximum absolute atomic E-state index is 12.8. The summed E-state index contributed by atoms with van der Waals surface area (Å²) in [6.07, 6.45) is -1.42. The van der Waals surface area contributed by atoms with E-state index in [-0.39, 0.29) is 35.6 Å². The van der Waals surface area contributed by atoms with Crippen molar-refractivity contribution >= 4 is 23.5 Å². The summed E-state index contributed by atoms with van der Waals surface area (Å²) in [7, 11) is 0. The molecule has 0 saturated heterocycles. The van der Waals surface area contributed by atoms with Gasteiger partial charge in [-0.2, -0.15) is 13.2 Å². The number of benzene rings is 2. The molecule has 3 atom stereocenters. The number of esters is 1. The molecule has 36 heavy (non-hydrogen) atoms. The van der Waals surface area contributed by atoms with Crippen molar-refractivity contribution in [2.45, 2.75) is 45.3 Å². The summed E-state index contributed by atoms with van der Waals surface area (Å²) in [6, 6.07) is 10.1. The number of hydrogen-bond acceptors (Lipinski definition) is 5. The van der Waals surface area contributed by atoms with Crippen LogP contribution in [-0.4, -0.2) is 37.0 Å². The van der Waals surface area contributed by atoms with Crippen LogP contribution in [0.5, 0.6) is 5.75 Å². The molecule has 2 amide bonds. The van der Waals surface area contributed by atoms with E-state index in [0.717, 1.165) is 31.4 Å². The van der Waals surface area contributed by atoms with E-state index in [1.807, 2.05) is 0 Å². The van der Waals surface area contributed by atoms with E-state index in [0.29, 0.717) is 11.8 Å². The van der Waals surface area contributed by atoms with Gasteiger partial charge in [0.1, 0.15) is 5.75 Å². The van der Waals surface area contributed by atoms with Crippen LogP contribution in [0.15, 0.2) is 48.5 Å². The van der Waals surface area contributed by atoms with Crippen LogP contribution in [0.3, 0.4) is 0 Å². The average molecular weight is 507 g/mol. The summed E-state index contributed by atoms with van der Waals surface area (Å²) in [5.41, 5.74) is -0.685. The highest BCUT2D eigenvalue weighted by Gasteiger charge is 2.30. The molecule has 2 N–H and O–H groups in total. The molecule has 0 bridgehead atoms. The molecule has 1 fully saturated rings. The van der Waals surface area contributed by atoms with Crippen molar-refractivity contribution in [1.82, 2.24) is 5.32 Å². The minimum atomic E-state index is -4.52. The molecule has 2 aromatic carbocycles. The number of nitrogens with one attached hydrogen (secondary N) is 2. The standard InChI is InChI=1S/C26H29F3N2O5/c1-16-5-3-8-22(17(16)2)31-24(33)15-36-25(34)18-9-11-21(12-10-18)35-14-23(32)30-20-7-4-6-19(13-20)26(27,28)29/h4,6-7,9-13,16-17,22H,3,5,8,14-15H2,1-2H3,(H,30,32)(H,31,33)/t16-,17+,22+/m0/s1. The van der Waals surface area contributed by atoms with Gasteiger partial charge in [0, 0.05) is 11.7 Å². The third kappa shape index (κ3) is 7.73. The van der Waals surface area contributed by atoms with Crippen molar-refractivity contribution in [1.29, 1.82) is 0 Å². The second-order valence-corrected chi connectivity index (χ2v) is 8.96. The Labute approximate surface area is 207 Å². The van der Waals surface area contributed by atoms with Crippen LogP contribution in [-0.2, 0) is 20.5 Å². The van der Waals surface area contributed by atoms with Crippen molar-refractivity contribution in [3.8, 4) is 5.75 Å². The number of alkyl halides is 3. The fourth-order valence-corrected chi connectivity index (χ4v) is 4.06. The molecule has 3 rings (SSSR count). The molecule has 0 unspecified atom stereocenters. The molecule has 7 nitrogen and oxygen atoms in total. The Bertz CT molecular complexity index is 1070. The number of ether oxygens (including phenoxy) is 2. The summed E-state index contributed by atoms with van der Waals surface area (Å²) in [6.45, 7) is 3.45. The van der Waals surface area contributed by atoms with E-state index < -0.39 is 30.2 Å². The van der Waals surface area contributed by atoms with Crippen LogP contribution in [0, 0.1) is 11.8 Å². The molecule has 1 aliphatic rings. The van der Waals surface area contributed by atoms with E-state index >= 15 is 0 Å². The van der Waals surface area contributed by atoms with Gasteiger partial charge in [0.05, 0.1) is 11.1 Å². The highest BCUT2D eigenvalue weighted by molar-refractivity contribution is 5.92. The first-order valence-corrected chi connectivity index (χ1v) is 11.7. The summed E-state index contributed by atoms with van der Waals surface area (Å²) in [5.74, 6) is -0.517. The van der Waals surface area contributed by atoms with E-state index in [9.17, 15) is 27.6 Å². The molecule has 0 radical (unpaired) electrons. The molecule has 194 valence electrons. The van der Waals surface area contributed by atoms with Crippen molar-refractivity contribution in [2.75, 3.05) is 18.5 Å². The number of carbonyl (C=O) groups is 3. The van der Waals surface area contributed by atoms with E-state index in [4.69, 9.17) is 9.47 Å². The Morgan fingerprint density at radius 1 is 0.972 bits per heavy atom. The first kappa shape index (κ1) is 27.0. The van der Waals surface area contributed by atoms with Gasteiger partial charge in [-0.15, -0.1) is 0 Å². The van der Waals surface area contributed by atoms with Gasteiger partial charge in [0.25, 0.3) is 11.8 Å². The van der Waals surface area contributed by atoms with Gasteiger partial charge in [-0.25, -0.2) is 4.79 Å². The quantitative estimate of drug-likeness (QED) is 0.501. The summed E-state index contributed by atoms with van der Waals surface area (Å²) < 4.78 is 48.8. The molecular formula is C26H29F3N2O5. The van der Waals surface area contributed by atoms with Crippen molar-refractivity contribution in [2.24, 2.45) is 11.8 Å². The lowest BCUT2D eigenvalue weighted by Gasteiger charge is -2.34. The van der Waals surface area contributed by atoms with Gasteiger partial charge >= 0.3 is 12.1 Å². The zero-order valence-corrected chi connectivity index (χ0v) is 20.1. The molecule has 0 heterocycles. The van der Waals surface area contributed by atoms with Gasteiger partial charge in [-0.3, -0.25) is 9.59 Å². The van der Waals surface area contributed by atoms with Crippen LogP contribution in [0.1, 0.15) is 49.0 Å². The summed E-state index contributed by atoms with van der Waals surface area (Å²) >= 11 is 0. The van der Waals surface area contributed by atoms with E-state index in [1.54, 1.807) is 0 Å². The monoisotopic (exact) mass is 506 g/mol. The molecule has 10 heteroatoms. The molecule has 0 aromatic heterocycles. The van der Waals surface area contributed by atoms with Crippen LogP contribution in [0.2, 0.25) is 0 Å². The second kappa shape index (κ2) is 11.9. The van der Waals surface area contributed by atoms with Crippen LogP contribution in [0.25, 0.3) is 0 Å². The van der Waals surface area contributed by atoms with Gasteiger partial charge in [-0.1, -0.05) is 32.8 Å². The minimum Gasteiger partial charge on any atom is -0.484 e. The third-order valence-electron chi connectivity index (χ3n) is 6.32. The number of anilines is 1. The lowest BCUT2D eigenvalue weighted by Crippen LogP contribution is -2.45. The van der Waals surface area contributed by atoms with E-state index in [1.165, 1.54) is 36.4 Å². The summed E-state index contributed by atoms with van der Waals surface area (Å²) in [4.78, 5) is 36.5. The fourth-order valence-electron chi connectivity index (χ4n) is 4.06. The summed E-state index contributed by atoms with van der Waals surface area (Å²) in [5, 5.41) is 5.28. The van der Waals surface area contributed by atoms with E-state index in [2.05, 4.69) is 24.5 Å². The highest BCUT2D eigenvalue weighted by Crippen LogP contribution is 2.31. The maximum Gasteiger partial charge on any atom is 0.416 e. The molecule has 0 spiro atoms. The maximum atomic E-state index is 12.8. The first-order valence-electron chi connectivity index (χ1n) is 11.7. The Balaban J connectivity index is 1.43. The zero-order valence-electron chi connectivity index (χ0n) is 20.1. The first-order chi connectivity index (χ1) is 17.0. The number of rotatable bonds is 8. The molecular weight excluding hydrogens is 477 g/mol. The number of halogens is 3. The van der Waals surface area contributed by atoms with Crippen LogP contribution >= 0.6 is 0 Å². The smallest absolute Gasteiger partial charge is 0.416 e. The van der Waals surface area contributed by atoms with Crippen LogP contribution < -0.4 is 15.4 Å². The second-order valence-electron chi connectivity index (χ2n) is 8.96. The number of carbonyl (C=O) groups excluding carboxylic acids is 3. The third-order valence-corrected chi connectivity index (χ3v) is 6.32. The molecule has 0 aliphatic heterocycles. The Hall–Kier alpha value is -3.56. The van der Waals surface area contributed by atoms with Gasteiger partial charge in [0.2, 0.25) is 0 Å². The highest BCUT2D eigenvalue weighted by atomic mass is 19.4. The molecule has 1 saturated carbocycles. The number of amides is 2. The normalized spacial score (nSPS) is 19.8. The molecule has 1 aliphatic carbocycles. The molecule has 2 aromatic rings. The van der Waals surface area contributed by atoms with Crippen molar-refractivity contribution in [3.63, 3.8) is 0 Å². The van der Waals surface area contributed by atoms with Crippen molar-refractivity contribution < 1.29 is 37.0 Å². The van der Waals surface area contributed by atoms with Gasteiger partial charge in [0.15, 0.2) is 13.2 Å². The lowest BCUT2D eigenvalue weighted by molar-refractivity contribution is -0.137. The predicted molar refractivity (Wildman–Crippen MR) is 126 cm³/mol. The fraction of sp³-hybridized carbons (Fsp3) is 0.423. The predicted octanol–water partition coefficient (Wildman–Crippen LogP) is 4.82. The SMILES string of the molecule is C[C@@H]1[C@@H](C)CCC[C@H]1NC(=O)COC(=O)c1ccc(OCC(=O)Nc2cccc(C(F)(F)F)c2)cc1. The Kier molecular flexibility index (Phi) is 8.95. The number of hydrogen-bond donors (Lipinski definition) is 2. The van der Waals surface area contributed by atoms with Crippen molar-refractivity contribution in [3.05, 3.63) is 59.7 Å². The topological polar surface area (TPSA) is 93.7 Å². The lowest BCUT2D eigenvalue weighted by atomic mass is 9.78. The van der Waals surface area contributed by atoms with Gasteiger partial charge < -0.3 is 20.1 Å². The largest absolute Gasteiger partial charge is 0.484 e.